The Balaban J connectivity index is 1.89. The van der Waals surface area contributed by atoms with Gasteiger partial charge in [-0.15, -0.1) is 11.8 Å². The molecule has 2 heterocycles. The van der Waals surface area contributed by atoms with Gasteiger partial charge in [-0.1, -0.05) is 12.1 Å². The summed E-state index contributed by atoms with van der Waals surface area (Å²) in [5.41, 5.74) is 1.93. The van der Waals surface area contributed by atoms with Crippen LogP contribution in [0.25, 0.3) is 0 Å². The van der Waals surface area contributed by atoms with Crippen LogP contribution in [0.15, 0.2) is 42.6 Å². The highest BCUT2D eigenvalue weighted by Gasteiger charge is 2.30. The Hall–Kier alpha value is -2.21. The number of carbonyl (C=O) groups is 1. The summed E-state index contributed by atoms with van der Waals surface area (Å²) in [6.45, 7) is 3.01. The van der Waals surface area contributed by atoms with E-state index in [0.29, 0.717) is 31.1 Å². The fraction of sp³-hybridized carbons (Fsp3) is 0.368. The first kappa shape index (κ1) is 17.6. The van der Waals surface area contributed by atoms with Crippen LogP contribution in [0.1, 0.15) is 30.0 Å². The highest BCUT2D eigenvalue weighted by atomic mass is 32.2. The number of ether oxygens (including phenoxy) is 2. The topological polar surface area (TPSA) is 51.7 Å². The molecule has 1 amide bonds. The van der Waals surface area contributed by atoms with E-state index in [1.807, 2.05) is 48.2 Å². The third-order valence-corrected chi connectivity index (χ3v) is 5.31. The van der Waals surface area contributed by atoms with Gasteiger partial charge in [0.15, 0.2) is 11.5 Å². The van der Waals surface area contributed by atoms with Crippen molar-refractivity contribution in [2.75, 3.05) is 19.5 Å². The zero-order valence-corrected chi connectivity index (χ0v) is 15.3. The van der Waals surface area contributed by atoms with Gasteiger partial charge >= 0.3 is 0 Å². The molecule has 1 aromatic heterocycles. The molecule has 132 valence electrons. The van der Waals surface area contributed by atoms with Crippen LogP contribution in [-0.4, -0.2) is 35.3 Å². The Kier molecular flexibility index (Phi) is 5.81. The minimum Gasteiger partial charge on any atom is -0.493 e. The van der Waals surface area contributed by atoms with E-state index in [0.717, 1.165) is 17.0 Å². The van der Waals surface area contributed by atoms with E-state index in [4.69, 9.17) is 9.47 Å². The summed E-state index contributed by atoms with van der Waals surface area (Å²) in [5, 5.41) is -0.0478. The molecule has 1 unspecified atom stereocenters. The molecule has 0 bridgehead atoms. The lowest BCUT2D eigenvalue weighted by Crippen LogP contribution is -2.37. The first-order chi connectivity index (χ1) is 12.2. The fourth-order valence-electron chi connectivity index (χ4n) is 2.85. The summed E-state index contributed by atoms with van der Waals surface area (Å²) < 4.78 is 11.1. The second kappa shape index (κ2) is 8.25. The molecule has 0 N–H and O–H groups in total. The first-order valence-corrected chi connectivity index (χ1v) is 9.39. The number of hydrogen-bond acceptors (Lipinski definition) is 5. The predicted octanol–water partition coefficient (Wildman–Crippen LogP) is 3.65. The molecular weight excluding hydrogens is 336 g/mol. The van der Waals surface area contributed by atoms with Gasteiger partial charge in [0.1, 0.15) is 5.37 Å². The number of carbonyl (C=O) groups excluding carboxylic acids is 1. The Bertz CT molecular complexity index is 724. The van der Waals surface area contributed by atoms with E-state index in [1.165, 1.54) is 0 Å². The van der Waals surface area contributed by atoms with E-state index < -0.39 is 0 Å². The van der Waals surface area contributed by atoms with Crippen molar-refractivity contribution in [1.29, 1.82) is 0 Å². The normalized spacial score (nSPS) is 17.4. The number of pyridine rings is 1. The van der Waals surface area contributed by atoms with Crippen LogP contribution >= 0.6 is 11.8 Å². The lowest BCUT2D eigenvalue weighted by Gasteiger charge is -2.35. The summed E-state index contributed by atoms with van der Waals surface area (Å²) in [6, 6.07) is 11.7. The molecule has 0 saturated carbocycles. The zero-order chi connectivity index (χ0) is 17.6. The molecule has 1 aromatic carbocycles. The zero-order valence-electron chi connectivity index (χ0n) is 14.5. The third kappa shape index (κ3) is 4.07. The van der Waals surface area contributed by atoms with Crippen LogP contribution < -0.4 is 9.47 Å². The minimum absolute atomic E-state index is 0.0478. The quantitative estimate of drug-likeness (QED) is 0.789. The van der Waals surface area contributed by atoms with Crippen molar-refractivity contribution >= 4 is 17.7 Å². The van der Waals surface area contributed by atoms with Crippen LogP contribution in [0.2, 0.25) is 0 Å². The van der Waals surface area contributed by atoms with Crippen molar-refractivity contribution in [2.45, 2.75) is 25.3 Å². The molecule has 1 atom stereocenters. The lowest BCUT2D eigenvalue weighted by molar-refractivity contribution is -0.132. The number of rotatable bonds is 6. The molecular formula is C19H22N2O3S. The molecule has 0 spiro atoms. The van der Waals surface area contributed by atoms with E-state index in [2.05, 4.69) is 4.98 Å². The second-order valence-corrected chi connectivity index (χ2v) is 6.85. The van der Waals surface area contributed by atoms with Gasteiger partial charge in [-0.3, -0.25) is 9.78 Å². The Morgan fingerprint density at radius 3 is 2.88 bits per heavy atom. The number of nitrogens with zero attached hydrogens (tertiary/aromatic N) is 2. The number of amides is 1. The van der Waals surface area contributed by atoms with Crippen LogP contribution in [0.5, 0.6) is 11.5 Å². The molecule has 3 rings (SSSR count). The average molecular weight is 358 g/mol. The predicted molar refractivity (Wildman–Crippen MR) is 98.8 cm³/mol. The van der Waals surface area contributed by atoms with Gasteiger partial charge in [-0.05, 0) is 36.8 Å². The highest BCUT2D eigenvalue weighted by molar-refractivity contribution is 7.99. The van der Waals surface area contributed by atoms with Gasteiger partial charge in [0.05, 0.1) is 26.0 Å². The van der Waals surface area contributed by atoms with Crippen molar-refractivity contribution in [3.8, 4) is 11.5 Å². The van der Waals surface area contributed by atoms with Gasteiger partial charge in [0, 0.05) is 18.4 Å². The van der Waals surface area contributed by atoms with Crippen LogP contribution in [0.4, 0.5) is 0 Å². The van der Waals surface area contributed by atoms with Crippen LogP contribution in [0, 0.1) is 0 Å². The molecule has 0 radical (unpaired) electrons. The molecule has 2 aromatic rings. The van der Waals surface area contributed by atoms with Crippen molar-refractivity contribution < 1.29 is 14.3 Å². The molecule has 0 aliphatic carbocycles. The first-order valence-electron chi connectivity index (χ1n) is 8.34. The summed E-state index contributed by atoms with van der Waals surface area (Å²) in [7, 11) is 1.63. The Morgan fingerprint density at radius 2 is 2.16 bits per heavy atom. The number of aromatic nitrogens is 1. The van der Waals surface area contributed by atoms with E-state index >= 15 is 0 Å². The largest absolute Gasteiger partial charge is 0.493 e. The van der Waals surface area contributed by atoms with Gasteiger partial charge in [0.2, 0.25) is 5.91 Å². The molecule has 1 fully saturated rings. The average Bonchev–Trinajstić information content (AvgIpc) is 2.64. The summed E-state index contributed by atoms with van der Waals surface area (Å²) in [6.07, 6.45) is 2.31. The maximum Gasteiger partial charge on any atom is 0.224 e. The van der Waals surface area contributed by atoms with Crippen molar-refractivity contribution in [2.24, 2.45) is 0 Å². The number of hydrogen-bond donors (Lipinski definition) is 0. The standard InChI is InChI=1S/C19H22N2O3S/c1-3-24-17-12-14(7-8-16(17)23-2)19-21(18(22)9-11-25-19)13-15-6-4-5-10-20-15/h4-8,10,12,19H,3,9,11,13H2,1-2H3. The SMILES string of the molecule is CCOc1cc(C2SCCC(=O)N2Cc2ccccn2)ccc1OC. The molecule has 1 aliphatic heterocycles. The Labute approximate surface area is 152 Å². The smallest absolute Gasteiger partial charge is 0.224 e. The maximum atomic E-state index is 12.5. The lowest BCUT2D eigenvalue weighted by atomic mass is 10.1. The molecule has 25 heavy (non-hydrogen) atoms. The number of benzene rings is 1. The van der Waals surface area contributed by atoms with E-state index in [1.54, 1.807) is 25.1 Å². The highest BCUT2D eigenvalue weighted by Crippen LogP contribution is 2.41. The number of methoxy groups -OCH3 is 1. The van der Waals surface area contributed by atoms with Crippen LogP contribution in [0.3, 0.4) is 0 Å². The molecule has 5 nitrogen and oxygen atoms in total. The molecule has 1 saturated heterocycles. The monoisotopic (exact) mass is 358 g/mol. The van der Waals surface area contributed by atoms with Crippen molar-refractivity contribution in [1.82, 2.24) is 9.88 Å². The van der Waals surface area contributed by atoms with Crippen molar-refractivity contribution in [3.05, 3.63) is 53.9 Å². The third-order valence-electron chi connectivity index (χ3n) is 4.03. The number of thioether (sulfide) groups is 1. The van der Waals surface area contributed by atoms with Gasteiger partial charge in [-0.25, -0.2) is 0 Å². The van der Waals surface area contributed by atoms with Crippen LogP contribution in [-0.2, 0) is 11.3 Å². The summed E-state index contributed by atoms with van der Waals surface area (Å²) in [5.74, 6) is 2.38. The second-order valence-electron chi connectivity index (χ2n) is 5.66. The molecule has 1 aliphatic rings. The Morgan fingerprint density at radius 1 is 1.28 bits per heavy atom. The minimum atomic E-state index is -0.0478. The van der Waals surface area contributed by atoms with Gasteiger partial charge in [0.25, 0.3) is 0 Å². The maximum absolute atomic E-state index is 12.5. The van der Waals surface area contributed by atoms with Gasteiger partial charge in [-0.2, -0.15) is 0 Å². The van der Waals surface area contributed by atoms with Gasteiger partial charge < -0.3 is 14.4 Å². The summed E-state index contributed by atoms with van der Waals surface area (Å²) in [4.78, 5) is 18.8. The van der Waals surface area contributed by atoms with Crippen molar-refractivity contribution in [3.63, 3.8) is 0 Å². The fourth-order valence-corrected chi connectivity index (χ4v) is 4.08. The summed E-state index contributed by atoms with van der Waals surface area (Å²) >= 11 is 1.77. The van der Waals surface area contributed by atoms with E-state index in [9.17, 15) is 4.79 Å². The molecule has 6 heteroatoms. The van der Waals surface area contributed by atoms with E-state index in [-0.39, 0.29) is 11.3 Å².